The minimum atomic E-state index is -0.525. The van der Waals surface area contributed by atoms with Crippen LogP contribution in [0.2, 0.25) is 0 Å². The Bertz CT molecular complexity index is 567. The second-order valence-corrected chi connectivity index (χ2v) is 6.24. The molecule has 1 atom stereocenters. The van der Waals surface area contributed by atoms with Gasteiger partial charge in [-0.15, -0.1) is 0 Å². The second-order valence-electron chi connectivity index (χ2n) is 4.47. The molecule has 20 heavy (non-hydrogen) atoms. The van der Waals surface area contributed by atoms with Crippen molar-refractivity contribution in [1.29, 1.82) is 0 Å². The Hall–Kier alpha value is -0.840. The number of rotatable bonds is 5. The quantitative estimate of drug-likeness (QED) is 0.775. The molecule has 106 valence electrons. The molecule has 4 heteroatoms. The van der Waals surface area contributed by atoms with Crippen LogP contribution in [0, 0.1) is 0 Å². The van der Waals surface area contributed by atoms with E-state index in [0.717, 1.165) is 25.8 Å². The number of aliphatic hydroxyl groups is 1. The molecule has 1 unspecified atom stereocenters. The van der Waals surface area contributed by atoms with Gasteiger partial charge >= 0.3 is 0 Å². The summed E-state index contributed by atoms with van der Waals surface area (Å²) in [6.45, 7) is 2.57. The summed E-state index contributed by atoms with van der Waals surface area (Å²) in [4.78, 5) is 0. The van der Waals surface area contributed by atoms with E-state index < -0.39 is 6.10 Å². The average molecular weight is 400 g/mol. The summed E-state index contributed by atoms with van der Waals surface area (Å²) < 4.78 is 7.38. The van der Waals surface area contributed by atoms with Crippen molar-refractivity contribution in [2.45, 2.75) is 19.4 Å². The molecule has 0 saturated carbocycles. The van der Waals surface area contributed by atoms with Gasteiger partial charge in [0, 0.05) is 10.9 Å². The first kappa shape index (κ1) is 15.5. The van der Waals surface area contributed by atoms with Crippen LogP contribution in [0.15, 0.2) is 51.4 Å². The molecule has 2 rings (SSSR count). The molecule has 0 amide bonds. The van der Waals surface area contributed by atoms with Crippen molar-refractivity contribution in [3.63, 3.8) is 0 Å². The van der Waals surface area contributed by atoms with Crippen LogP contribution < -0.4 is 4.74 Å². The first-order valence-corrected chi connectivity index (χ1v) is 8.03. The molecule has 1 N–H and O–H groups in total. The fourth-order valence-corrected chi connectivity index (χ4v) is 2.73. The molecule has 2 aromatic rings. The zero-order valence-electron chi connectivity index (χ0n) is 11.1. The molecule has 0 saturated heterocycles. The van der Waals surface area contributed by atoms with E-state index in [1.54, 1.807) is 0 Å². The molecule has 0 spiro atoms. The number of halogens is 2. The van der Waals surface area contributed by atoms with E-state index >= 15 is 0 Å². The topological polar surface area (TPSA) is 29.5 Å². The van der Waals surface area contributed by atoms with Gasteiger partial charge in [0.05, 0.1) is 17.2 Å². The molecule has 0 bridgehead atoms. The lowest BCUT2D eigenvalue weighted by Gasteiger charge is -2.13. The number of hydrogen-bond acceptors (Lipinski definition) is 2. The summed E-state index contributed by atoms with van der Waals surface area (Å²) in [7, 11) is 0. The van der Waals surface area contributed by atoms with Gasteiger partial charge < -0.3 is 9.84 Å². The van der Waals surface area contributed by atoms with Crippen molar-refractivity contribution in [3.8, 4) is 5.75 Å². The predicted octanol–water partition coefficient (Wildman–Crippen LogP) is 4.89. The van der Waals surface area contributed by atoms with Crippen molar-refractivity contribution in [2.24, 2.45) is 0 Å². The largest absolute Gasteiger partial charge is 0.493 e. The van der Waals surface area contributed by atoms with Crippen LogP contribution in [0.1, 0.15) is 24.2 Å². The molecule has 0 heterocycles. The van der Waals surface area contributed by atoms with E-state index in [2.05, 4.69) is 31.9 Å². The Kier molecular flexibility index (Phi) is 5.64. The number of ether oxygens (including phenoxy) is 1. The van der Waals surface area contributed by atoms with Gasteiger partial charge in [-0.25, -0.2) is 0 Å². The Morgan fingerprint density at radius 2 is 1.80 bits per heavy atom. The minimum absolute atomic E-state index is 0.525. The Balaban J connectivity index is 2.10. The van der Waals surface area contributed by atoms with Gasteiger partial charge in [-0.05, 0) is 58.2 Å². The van der Waals surface area contributed by atoms with Crippen LogP contribution in [-0.4, -0.2) is 11.7 Å². The van der Waals surface area contributed by atoms with E-state index in [1.807, 2.05) is 49.4 Å². The highest BCUT2D eigenvalue weighted by Gasteiger charge is 2.11. The lowest BCUT2D eigenvalue weighted by Crippen LogP contribution is -2.02. The second kappa shape index (κ2) is 7.25. The minimum Gasteiger partial charge on any atom is -0.493 e. The fraction of sp³-hybridized carbons (Fsp3) is 0.250. The van der Waals surface area contributed by atoms with Crippen LogP contribution >= 0.6 is 31.9 Å². The van der Waals surface area contributed by atoms with Crippen LogP contribution in [0.4, 0.5) is 0 Å². The maximum absolute atomic E-state index is 10.3. The van der Waals surface area contributed by atoms with Gasteiger partial charge in [0.25, 0.3) is 0 Å². The lowest BCUT2D eigenvalue weighted by molar-refractivity contribution is 0.178. The number of aliphatic hydroxyl groups excluding tert-OH is 1. The maximum atomic E-state index is 10.3. The molecule has 0 aliphatic carbocycles. The van der Waals surface area contributed by atoms with Crippen LogP contribution in [0.5, 0.6) is 5.75 Å². The first-order valence-electron chi connectivity index (χ1n) is 6.45. The van der Waals surface area contributed by atoms with E-state index in [0.29, 0.717) is 13.0 Å². The summed E-state index contributed by atoms with van der Waals surface area (Å²) in [6.07, 6.45) is 0.0661. The monoisotopic (exact) mass is 398 g/mol. The predicted molar refractivity (Wildman–Crippen MR) is 88.1 cm³/mol. The van der Waals surface area contributed by atoms with Gasteiger partial charge in [0.1, 0.15) is 5.75 Å². The Morgan fingerprint density at radius 1 is 1.10 bits per heavy atom. The van der Waals surface area contributed by atoms with Crippen molar-refractivity contribution < 1.29 is 9.84 Å². The summed E-state index contributed by atoms with van der Waals surface area (Å²) >= 11 is 6.88. The third-order valence-corrected chi connectivity index (χ3v) is 4.13. The number of hydrogen-bond donors (Lipinski definition) is 1. The van der Waals surface area contributed by atoms with Crippen LogP contribution in [-0.2, 0) is 6.42 Å². The standard InChI is InChI=1S/C16H16Br2O2/c1-2-20-16-8-5-12(10-14(16)18)15(19)9-11-3-6-13(17)7-4-11/h3-8,10,15,19H,2,9H2,1H3. The molecule has 0 radical (unpaired) electrons. The van der Waals surface area contributed by atoms with Crippen molar-refractivity contribution in [3.05, 3.63) is 62.5 Å². The normalized spacial score (nSPS) is 12.2. The van der Waals surface area contributed by atoms with Crippen LogP contribution in [0.25, 0.3) is 0 Å². The first-order chi connectivity index (χ1) is 9.60. The van der Waals surface area contributed by atoms with Gasteiger partial charge in [-0.3, -0.25) is 0 Å². The Labute approximate surface area is 136 Å². The van der Waals surface area contributed by atoms with E-state index in [1.165, 1.54) is 0 Å². The Morgan fingerprint density at radius 3 is 2.40 bits per heavy atom. The van der Waals surface area contributed by atoms with Gasteiger partial charge in [0.15, 0.2) is 0 Å². The zero-order valence-corrected chi connectivity index (χ0v) is 14.3. The lowest BCUT2D eigenvalue weighted by atomic mass is 10.0. The third-order valence-electron chi connectivity index (χ3n) is 2.98. The van der Waals surface area contributed by atoms with Crippen molar-refractivity contribution in [2.75, 3.05) is 6.61 Å². The summed E-state index contributed by atoms with van der Waals surface area (Å²) in [5, 5.41) is 10.3. The van der Waals surface area contributed by atoms with Gasteiger partial charge in [-0.1, -0.05) is 34.1 Å². The van der Waals surface area contributed by atoms with E-state index in [-0.39, 0.29) is 0 Å². The molecule has 2 nitrogen and oxygen atoms in total. The molecule has 2 aromatic carbocycles. The average Bonchev–Trinajstić information content (AvgIpc) is 2.44. The molecule has 0 aromatic heterocycles. The van der Waals surface area contributed by atoms with E-state index in [9.17, 15) is 5.11 Å². The summed E-state index contributed by atoms with van der Waals surface area (Å²) in [5.74, 6) is 0.798. The summed E-state index contributed by atoms with van der Waals surface area (Å²) in [5.41, 5.74) is 1.98. The highest BCUT2D eigenvalue weighted by Crippen LogP contribution is 2.29. The van der Waals surface area contributed by atoms with Gasteiger partial charge in [0.2, 0.25) is 0 Å². The van der Waals surface area contributed by atoms with Crippen molar-refractivity contribution in [1.82, 2.24) is 0 Å². The molecular formula is C16H16Br2O2. The smallest absolute Gasteiger partial charge is 0.133 e. The zero-order chi connectivity index (χ0) is 14.5. The molecule has 0 aliphatic rings. The van der Waals surface area contributed by atoms with Crippen molar-refractivity contribution >= 4 is 31.9 Å². The van der Waals surface area contributed by atoms with Gasteiger partial charge in [-0.2, -0.15) is 0 Å². The fourth-order valence-electron chi connectivity index (χ4n) is 1.96. The highest BCUT2D eigenvalue weighted by molar-refractivity contribution is 9.10. The maximum Gasteiger partial charge on any atom is 0.133 e. The molecule has 0 fully saturated rings. The molecule has 0 aliphatic heterocycles. The summed E-state index contributed by atoms with van der Waals surface area (Å²) in [6, 6.07) is 13.7. The van der Waals surface area contributed by atoms with Crippen LogP contribution in [0.3, 0.4) is 0 Å². The number of benzene rings is 2. The molecular weight excluding hydrogens is 384 g/mol. The highest BCUT2D eigenvalue weighted by atomic mass is 79.9. The SMILES string of the molecule is CCOc1ccc(C(O)Cc2ccc(Br)cc2)cc1Br. The third kappa shape index (κ3) is 4.08. The van der Waals surface area contributed by atoms with E-state index in [4.69, 9.17) is 4.74 Å².